The molecule has 0 radical (unpaired) electrons. The summed E-state index contributed by atoms with van der Waals surface area (Å²) in [7, 11) is -3.66. The summed E-state index contributed by atoms with van der Waals surface area (Å²) in [6, 6.07) is 11.7. The maximum Gasteiger partial charge on any atom is 0.387 e. The molecule has 6 nitrogen and oxygen atoms in total. The first-order chi connectivity index (χ1) is 12.3. The van der Waals surface area contributed by atoms with Crippen molar-refractivity contribution in [3.8, 4) is 5.75 Å². The summed E-state index contributed by atoms with van der Waals surface area (Å²) in [5.74, 6) is -0.660. The average Bonchev–Trinajstić information content (AvgIpc) is 2.58. The Balaban J connectivity index is 1.86. The van der Waals surface area contributed by atoms with E-state index < -0.39 is 22.5 Å². The highest BCUT2D eigenvalue weighted by Gasteiger charge is 2.13. The van der Waals surface area contributed by atoms with Gasteiger partial charge in [0, 0.05) is 18.7 Å². The lowest BCUT2D eigenvalue weighted by atomic mass is 10.2. The van der Waals surface area contributed by atoms with Crippen LogP contribution in [-0.2, 0) is 10.0 Å². The van der Waals surface area contributed by atoms with Gasteiger partial charge in [0.05, 0.1) is 4.90 Å². The van der Waals surface area contributed by atoms with E-state index in [9.17, 15) is 22.0 Å². The minimum Gasteiger partial charge on any atom is -0.435 e. The zero-order chi connectivity index (χ0) is 19.2. The van der Waals surface area contributed by atoms with E-state index in [4.69, 9.17) is 0 Å². The first-order valence-corrected chi connectivity index (χ1v) is 9.15. The highest BCUT2D eigenvalue weighted by molar-refractivity contribution is 7.89. The normalized spacial score (nSPS) is 11.4. The largest absolute Gasteiger partial charge is 0.435 e. The van der Waals surface area contributed by atoms with Crippen LogP contribution in [0.5, 0.6) is 5.75 Å². The number of carbonyl (C=O) groups is 1. The molecule has 0 aromatic heterocycles. The Hall–Kier alpha value is -2.52. The highest BCUT2D eigenvalue weighted by Crippen LogP contribution is 2.15. The van der Waals surface area contributed by atoms with E-state index in [-0.39, 0.29) is 29.3 Å². The fourth-order valence-corrected chi connectivity index (χ4v) is 3.11. The average molecular weight is 384 g/mol. The van der Waals surface area contributed by atoms with E-state index in [1.54, 1.807) is 12.1 Å². The van der Waals surface area contributed by atoms with E-state index in [0.717, 1.165) is 5.56 Å². The molecule has 0 spiro atoms. The predicted octanol–water partition coefficient (Wildman–Crippen LogP) is 2.30. The van der Waals surface area contributed by atoms with E-state index in [1.807, 2.05) is 6.92 Å². The number of carbonyl (C=O) groups excluding carboxylic acids is 1. The van der Waals surface area contributed by atoms with Crippen LogP contribution in [0, 0.1) is 6.92 Å². The van der Waals surface area contributed by atoms with Gasteiger partial charge in [-0.1, -0.05) is 23.8 Å². The summed E-state index contributed by atoms with van der Waals surface area (Å²) >= 11 is 0. The lowest BCUT2D eigenvalue weighted by molar-refractivity contribution is -0.0498. The van der Waals surface area contributed by atoms with Crippen LogP contribution in [0.3, 0.4) is 0 Å². The van der Waals surface area contributed by atoms with Crippen LogP contribution in [0.15, 0.2) is 53.4 Å². The third-order valence-corrected chi connectivity index (χ3v) is 4.83. The van der Waals surface area contributed by atoms with Gasteiger partial charge < -0.3 is 10.1 Å². The first kappa shape index (κ1) is 19.8. The van der Waals surface area contributed by atoms with Crippen molar-refractivity contribution in [3.63, 3.8) is 0 Å². The smallest absolute Gasteiger partial charge is 0.387 e. The number of aryl methyl sites for hydroxylation is 1. The van der Waals surface area contributed by atoms with Gasteiger partial charge in [-0.05, 0) is 37.3 Å². The predicted molar refractivity (Wildman–Crippen MR) is 91.8 cm³/mol. The monoisotopic (exact) mass is 384 g/mol. The maximum absolute atomic E-state index is 12.2. The molecular weight excluding hydrogens is 366 g/mol. The van der Waals surface area contributed by atoms with E-state index in [2.05, 4.69) is 14.8 Å². The Morgan fingerprint density at radius 3 is 2.46 bits per heavy atom. The molecule has 9 heteroatoms. The number of benzene rings is 2. The van der Waals surface area contributed by atoms with Crippen molar-refractivity contribution in [3.05, 3.63) is 59.7 Å². The van der Waals surface area contributed by atoms with Crippen molar-refractivity contribution >= 4 is 15.9 Å². The van der Waals surface area contributed by atoms with Gasteiger partial charge >= 0.3 is 6.61 Å². The van der Waals surface area contributed by atoms with Crippen molar-refractivity contribution in [1.29, 1.82) is 0 Å². The number of hydrogen-bond donors (Lipinski definition) is 2. The number of ether oxygens (including phenoxy) is 1. The van der Waals surface area contributed by atoms with Gasteiger partial charge in [-0.3, -0.25) is 4.79 Å². The van der Waals surface area contributed by atoms with Crippen LogP contribution in [0.25, 0.3) is 0 Å². The number of sulfonamides is 1. The topological polar surface area (TPSA) is 84.5 Å². The van der Waals surface area contributed by atoms with Gasteiger partial charge in [0.1, 0.15) is 5.75 Å². The van der Waals surface area contributed by atoms with Crippen molar-refractivity contribution in [2.45, 2.75) is 18.4 Å². The Morgan fingerprint density at radius 2 is 1.81 bits per heavy atom. The SMILES string of the molecule is Cc1ccc(S(=O)(=O)NCCNC(=O)c2cccc(OC(F)F)c2)cc1. The van der Waals surface area contributed by atoms with E-state index >= 15 is 0 Å². The van der Waals surface area contributed by atoms with Crippen LogP contribution in [0.4, 0.5) is 8.78 Å². The van der Waals surface area contributed by atoms with Crippen LogP contribution < -0.4 is 14.8 Å². The maximum atomic E-state index is 12.2. The number of alkyl halides is 2. The summed E-state index contributed by atoms with van der Waals surface area (Å²) in [6.07, 6.45) is 0. The Kier molecular flexibility index (Phi) is 6.64. The molecule has 0 aliphatic carbocycles. The number of amides is 1. The number of rotatable bonds is 8. The molecule has 0 fully saturated rings. The van der Waals surface area contributed by atoms with Crippen molar-refractivity contribution in [1.82, 2.24) is 10.0 Å². The molecule has 2 rings (SSSR count). The van der Waals surface area contributed by atoms with Gasteiger partial charge in [-0.2, -0.15) is 8.78 Å². The molecule has 2 aromatic rings. The first-order valence-electron chi connectivity index (χ1n) is 7.67. The summed E-state index contributed by atoms with van der Waals surface area (Å²) in [4.78, 5) is 12.1. The fraction of sp³-hybridized carbons (Fsp3) is 0.235. The molecule has 2 N–H and O–H groups in total. The minimum atomic E-state index is -3.66. The molecule has 0 saturated heterocycles. The lowest BCUT2D eigenvalue weighted by Crippen LogP contribution is -2.34. The Morgan fingerprint density at radius 1 is 1.12 bits per heavy atom. The van der Waals surface area contributed by atoms with E-state index in [1.165, 1.54) is 36.4 Å². The molecule has 0 saturated carbocycles. The Bertz CT molecular complexity index is 855. The third kappa shape index (κ3) is 5.78. The molecule has 26 heavy (non-hydrogen) atoms. The summed E-state index contributed by atoms with van der Waals surface area (Å²) in [6.45, 7) is -1.12. The Labute approximate surface area is 150 Å². The van der Waals surface area contributed by atoms with Crippen LogP contribution >= 0.6 is 0 Å². The summed E-state index contributed by atoms with van der Waals surface area (Å²) < 4.78 is 55.2. The van der Waals surface area contributed by atoms with Gasteiger partial charge in [0.15, 0.2) is 0 Å². The van der Waals surface area contributed by atoms with Crippen LogP contribution in [0.2, 0.25) is 0 Å². The third-order valence-electron chi connectivity index (χ3n) is 3.36. The van der Waals surface area contributed by atoms with E-state index in [0.29, 0.717) is 0 Å². The molecule has 0 bridgehead atoms. The molecule has 0 unspecified atom stereocenters. The molecule has 1 amide bonds. The fourth-order valence-electron chi connectivity index (χ4n) is 2.08. The quantitative estimate of drug-likeness (QED) is 0.684. The molecule has 140 valence electrons. The molecule has 0 atom stereocenters. The highest BCUT2D eigenvalue weighted by atomic mass is 32.2. The molecule has 2 aromatic carbocycles. The van der Waals surface area contributed by atoms with Gasteiger partial charge in [-0.15, -0.1) is 0 Å². The standard InChI is InChI=1S/C17H18F2N2O4S/c1-12-5-7-15(8-6-12)26(23,24)21-10-9-20-16(22)13-3-2-4-14(11-13)25-17(18)19/h2-8,11,17,21H,9-10H2,1H3,(H,20,22). The second kappa shape index (κ2) is 8.72. The second-order valence-electron chi connectivity index (χ2n) is 5.37. The number of halogens is 2. The van der Waals surface area contributed by atoms with Gasteiger partial charge in [0.2, 0.25) is 10.0 Å². The van der Waals surface area contributed by atoms with Crippen molar-refractivity contribution < 1.29 is 26.7 Å². The molecule has 0 heterocycles. The molecule has 0 aliphatic heterocycles. The van der Waals surface area contributed by atoms with Crippen LogP contribution in [-0.4, -0.2) is 34.0 Å². The summed E-state index contributed by atoms with van der Waals surface area (Å²) in [5.41, 5.74) is 1.07. The lowest BCUT2D eigenvalue weighted by Gasteiger charge is -2.09. The van der Waals surface area contributed by atoms with Crippen molar-refractivity contribution in [2.24, 2.45) is 0 Å². The minimum absolute atomic E-state index is 0.0187. The zero-order valence-corrected chi connectivity index (χ0v) is 14.7. The van der Waals surface area contributed by atoms with Gasteiger partial charge in [-0.25, -0.2) is 13.1 Å². The van der Waals surface area contributed by atoms with Gasteiger partial charge in [0.25, 0.3) is 5.91 Å². The zero-order valence-electron chi connectivity index (χ0n) is 13.9. The molecular formula is C17H18F2N2O4S. The number of hydrogen-bond acceptors (Lipinski definition) is 4. The summed E-state index contributed by atoms with van der Waals surface area (Å²) in [5, 5.41) is 2.50. The number of nitrogens with one attached hydrogen (secondary N) is 2. The molecule has 0 aliphatic rings. The van der Waals surface area contributed by atoms with Crippen LogP contribution in [0.1, 0.15) is 15.9 Å². The van der Waals surface area contributed by atoms with Crippen molar-refractivity contribution in [2.75, 3.05) is 13.1 Å². The second-order valence-corrected chi connectivity index (χ2v) is 7.14.